The third kappa shape index (κ3) is 2.91. The minimum atomic E-state index is -0.156. The predicted molar refractivity (Wildman–Crippen MR) is 108 cm³/mol. The van der Waals surface area contributed by atoms with Gasteiger partial charge in [0.2, 0.25) is 5.91 Å². The van der Waals surface area contributed by atoms with Crippen molar-refractivity contribution in [2.24, 2.45) is 0 Å². The predicted octanol–water partition coefficient (Wildman–Crippen LogP) is 3.93. The van der Waals surface area contributed by atoms with E-state index >= 15 is 0 Å². The van der Waals surface area contributed by atoms with Crippen molar-refractivity contribution in [3.05, 3.63) is 65.4 Å². The second-order valence-electron chi connectivity index (χ2n) is 6.73. The van der Waals surface area contributed by atoms with Gasteiger partial charge in [-0.15, -0.1) is 0 Å². The van der Waals surface area contributed by atoms with E-state index in [4.69, 9.17) is 9.47 Å². The second kappa shape index (κ2) is 7.38. The number of hydrogen-bond donors (Lipinski definition) is 1. The lowest BCUT2D eigenvalue weighted by molar-refractivity contribution is -0.116. The Morgan fingerprint density at radius 3 is 2.68 bits per heavy atom. The van der Waals surface area contributed by atoms with Gasteiger partial charge in [-0.1, -0.05) is 37.3 Å². The summed E-state index contributed by atoms with van der Waals surface area (Å²) in [5.74, 6) is 1.81. The first-order chi connectivity index (χ1) is 13.7. The second-order valence-corrected chi connectivity index (χ2v) is 6.73. The molecular weight excluding hydrogens is 354 g/mol. The molecule has 0 radical (unpaired) electrons. The number of ether oxygens (including phenoxy) is 2. The molecule has 2 heterocycles. The fourth-order valence-corrected chi connectivity index (χ4v) is 3.88. The van der Waals surface area contributed by atoms with Gasteiger partial charge in [-0.25, -0.2) is 4.68 Å². The molecule has 6 nitrogen and oxygen atoms in total. The summed E-state index contributed by atoms with van der Waals surface area (Å²) in [6.45, 7) is 2.11. The van der Waals surface area contributed by atoms with Crippen molar-refractivity contribution in [3.63, 3.8) is 0 Å². The van der Waals surface area contributed by atoms with Crippen molar-refractivity contribution in [2.75, 3.05) is 19.5 Å². The van der Waals surface area contributed by atoms with E-state index in [2.05, 4.69) is 23.4 Å². The molecule has 3 aromatic rings. The monoisotopic (exact) mass is 377 g/mol. The number of methoxy groups -OCH3 is 2. The molecule has 0 saturated carbocycles. The minimum absolute atomic E-state index is 0.0434. The maximum absolute atomic E-state index is 12.6. The summed E-state index contributed by atoms with van der Waals surface area (Å²) in [6, 6.07) is 13.8. The summed E-state index contributed by atoms with van der Waals surface area (Å²) in [6.07, 6.45) is 3.05. The molecule has 1 N–H and O–H groups in total. The lowest BCUT2D eigenvalue weighted by Crippen LogP contribution is -2.25. The van der Waals surface area contributed by atoms with Gasteiger partial charge in [-0.3, -0.25) is 4.79 Å². The zero-order valence-corrected chi connectivity index (χ0v) is 16.2. The van der Waals surface area contributed by atoms with Gasteiger partial charge in [0.05, 0.1) is 26.1 Å². The van der Waals surface area contributed by atoms with Crippen molar-refractivity contribution in [3.8, 4) is 17.2 Å². The van der Waals surface area contributed by atoms with Crippen LogP contribution >= 0.6 is 0 Å². The number of amides is 1. The van der Waals surface area contributed by atoms with Crippen LogP contribution in [0.5, 0.6) is 11.5 Å². The van der Waals surface area contributed by atoms with Crippen molar-refractivity contribution in [1.29, 1.82) is 0 Å². The first-order valence-corrected chi connectivity index (χ1v) is 9.34. The van der Waals surface area contributed by atoms with Crippen molar-refractivity contribution >= 4 is 11.7 Å². The Kier molecular flexibility index (Phi) is 4.77. The summed E-state index contributed by atoms with van der Waals surface area (Å²) in [5.41, 5.74) is 4.03. The normalized spacial score (nSPS) is 15.7. The van der Waals surface area contributed by atoms with Gasteiger partial charge in [0, 0.05) is 23.5 Å². The highest BCUT2D eigenvalue weighted by atomic mass is 16.5. The van der Waals surface area contributed by atoms with Crippen molar-refractivity contribution < 1.29 is 14.3 Å². The molecule has 1 atom stereocenters. The fraction of sp³-hybridized carbons (Fsp3) is 0.273. The molecule has 0 aliphatic carbocycles. The van der Waals surface area contributed by atoms with Crippen molar-refractivity contribution in [1.82, 2.24) is 9.78 Å². The van der Waals surface area contributed by atoms with Crippen LogP contribution in [0.25, 0.3) is 5.69 Å². The molecule has 0 bridgehead atoms. The largest absolute Gasteiger partial charge is 0.493 e. The number of para-hydroxylation sites is 2. The molecule has 0 spiro atoms. The molecule has 144 valence electrons. The number of nitrogens with one attached hydrogen (secondary N) is 1. The van der Waals surface area contributed by atoms with Crippen LogP contribution in [0.1, 0.15) is 36.0 Å². The highest BCUT2D eigenvalue weighted by Crippen LogP contribution is 2.44. The molecule has 2 aromatic carbocycles. The molecule has 0 saturated heterocycles. The Morgan fingerprint density at radius 1 is 1.11 bits per heavy atom. The van der Waals surface area contributed by atoms with Crippen LogP contribution in [0.3, 0.4) is 0 Å². The molecule has 6 heteroatoms. The summed E-state index contributed by atoms with van der Waals surface area (Å²) in [5, 5.41) is 7.63. The SMILES string of the molecule is CCc1ccccc1-n1ncc2c1NC(=O)CC2c1cccc(OC)c1OC. The summed E-state index contributed by atoms with van der Waals surface area (Å²) in [4.78, 5) is 12.6. The smallest absolute Gasteiger partial charge is 0.226 e. The van der Waals surface area contributed by atoms with Gasteiger partial charge < -0.3 is 14.8 Å². The zero-order chi connectivity index (χ0) is 19.7. The molecule has 1 aliphatic heterocycles. The first-order valence-electron chi connectivity index (χ1n) is 9.34. The maximum Gasteiger partial charge on any atom is 0.226 e. The first kappa shape index (κ1) is 18.1. The van der Waals surface area contributed by atoms with E-state index in [1.807, 2.05) is 47.3 Å². The molecule has 1 aromatic heterocycles. The Morgan fingerprint density at radius 2 is 1.93 bits per heavy atom. The molecular formula is C22H23N3O3. The summed E-state index contributed by atoms with van der Waals surface area (Å²) < 4.78 is 12.9. The van der Waals surface area contributed by atoms with E-state index in [-0.39, 0.29) is 11.8 Å². The molecule has 28 heavy (non-hydrogen) atoms. The number of carbonyl (C=O) groups is 1. The van der Waals surface area contributed by atoms with Gasteiger partial charge in [0.15, 0.2) is 11.5 Å². The zero-order valence-electron chi connectivity index (χ0n) is 16.2. The number of nitrogens with zero attached hydrogens (tertiary/aromatic N) is 2. The van der Waals surface area contributed by atoms with E-state index < -0.39 is 0 Å². The number of rotatable bonds is 5. The summed E-state index contributed by atoms with van der Waals surface area (Å²) in [7, 11) is 3.23. The van der Waals surface area contributed by atoms with Crippen molar-refractivity contribution in [2.45, 2.75) is 25.7 Å². The Hall–Kier alpha value is -3.28. The van der Waals surface area contributed by atoms with Gasteiger partial charge in [0.1, 0.15) is 5.82 Å². The number of aryl methyl sites for hydroxylation is 1. The quantitative estimate of drug-likeness (QED) is 0.732. The van der Waals surface area contributed by atoms with Crippen LogP contribution in [0.2, 0.25) is 0 Å². The lowest BCUT2D eigenvalue weighted by atomic mass is 9.86. The highest BCUT2D eigenvalue weighted by molar-refractivity contribution is 5.95. The number of aromatic nitrogens is 2. The number of fused-ring (bicyclic) bond motifs is 1. The van der Waals surface area contributed by atoms with Crippen LogP contribution in [0, 0.1) is 0 Å². The number of benzene rings is 2. The number of carbonyl (C=O) groups excluding carboxylic acids is 1. The standard InChI is InChI=1S/C22H23N3O3/c1-4-14-8-5-6-10-18(14)25-22-17(13-23-25)16(12-20(26)24-22)15-9-7-11-19(27-2)21(15)28-3/h5-11,13,16H,4,12H2,1-3H3,(H,24,26). The molecule has 0 fully saturated rings. The molecule has 1 unspecified atom stereocenters. The van der Waals surface area contributed by atoms with Gasteiger partial charge in [0.25, 0.3) is 0 Å². The van der Waals surface area contributed by atoms with Crippen LogP contribution in [-0.2, 0) is 11.2 Å². The molecule has 1 amide bonds. The van der Waals surface area contributed by atoms with Gasteiger partial charge in [-0.05, 0) is 24.1 Å². The van der Waals surface area contributed by atoms with E-state index in [1.54, 1.807) is 14.2 Å². The average molecular weight is 377 g/mol. The third-order valence-corrected chi connectivity index (χ3v) is 5.23. The lowest BCUT2D eigenvalue weighted by Gasteiger charge is -2.26. The molecule has 4 rings (SSSR count). The van der Waals surface area contributed by atoms with E-state index in [0.29, 0.717) is 23.7 Å². The number of anilines is 1. The molecule has 1 aliphatic rings. The highest BCUT2D eigenvalue weighted by Gasteiger charge is 2.33. The Labute approximate surface area is 164 Å². The number of hydrogen-bond acceptors (Lipinski definition) is 4. The van der Waals surface area contributed by atoms with Gasteiger partial charge in [-0.2, -0.15) is 5.10 Å². The van der Waals surface area contributed by atoms with Crippen LogP contribution in [0.15, 0.2) is 48.7 Å². The Bertz CT molecular complexity index is 1030. The topological polar surface area (TPSA) is 65.4 Å². The summed E-state index contributed by atoms with van der Waals surface area (Å²) >= 11 is 0. The van der Waals surface area contributed by atoms with Crippen LogP contribution < -0.4 is 14.8 Å². The Balaban J connectivity index is 1.87. The van der Waals surface area contributed by atoms with E-state index in [0.717, 1.165) is 23.2 Å². The fourth-order valence-electron chi connectivity index (χ4n) is 3.88. The maximum atomic E-state index is 12.6. The van der Waals surface area contributed by atoms with E-state index in [1.165, 1.54) is 5.56 Å². The third-order valence-electron chi connectivity index (χ3n) is 5.23. The minimum Gasteiger partial charge on any atom is -0.493 e. The average Bonchev–Trinajstić information content (AvgIpc) is 3.15. The van der Waals surface area contributed by atoms with Crippen LogP contribution in [0.4, 0.5) is 5.82 Å². The van der Waals surface area contributed by atoms with E-state index in [9.17, 15) is 4.79 Å². The van der Waals surface area contributed by atoms with Gasteiger partial charge >= 0.3 is 0 Å². The van der Waals surface area contributed by atoms with Crippen LogP contribution in [-0.4, -0.2) is 29.9 Å².